The van der Waals surface area contributed by atoms with Gasteiger partial charge in [0.1, 0.15) is 0 Å². The fraction of sp³-hybridized carbons (Fsp3) is 0.455. The number of aromatic nitrogens is 1. The highest BCUT2D eigenvalue weighted by Gasteiger charge is 2.06. The molecule has 82 valence electrons. The largest absolute Gasteiger partial charge is 0.352 e. The fourth-order valence-electron chi connectivity index (χ4n) is 1.10. The number of hydrogen-bond donors (Lipinski definition) is 2. The van der Waals surface area contributed by atoms with Crippen LogP contribution in [0.15, 0.2) is 23.1 Å². The Labute approximate surface area is 88.7 Å². The van der Waals surface area contributed by atoms with E-state index in [1.54, 1.807) is 6.07 Å². The van der Waals surface area contributed by atoms with Gasteiger partial charge >= 0.3 is 0 Å². The minimum atomic E-state index is -0.258. The van der Waals surface area contributed by atoms with E-state index in [1.165, 1.54) is 12.3 Å². The molecule has 0 aliphatic heterocycles. The van der Waals surface area contributed by atoms with E-state index < -0.39 is 0 Å². The molecule has 4 heteroatoms. The van der Waals surface area contributed by atoms with E-state index in [9.17, 15) is 9.59 Å². The number of rotatable bonds is 4. The van der Waals surface area contributed by atoms with Crippen molar-refractivity contribution >= 4 is 5.91 Å². The molecule has 1 aromatic heterocycles. The van der Waals surface area contributed by atoms with E-state index >= 15 is 0 Å². The molecule has 4 nitrogen and oxygen atoms in total. The Morgan fingerprint density at radius 2 is 2.33 bits per heavy atom. The first-order valence-electron chi connectivity index (χ1n) is 5.10. The highest BCUT2D eigenvalue weighted by atomic mass is 16.2. The smallest absolute Gasteiger partial charge is 0.251 e. The molecule has 1 unspecified atom stereocenters. The topological polar surface area (TPSA) is 62.0 Å². The number of aromatic amines is 1. The molecule has 0 bridgehead atoms. The maximum absolute atomic E-state index is 11.6. The number of carbonyl (C=O) groups is 1. The average Bonchev–Trinajstić information content (AvgIpc) is 2.25. The molecule has 15 heavy (non-hydrogen) atoms. The van der Waals surface area contributed by atoms with Gasteiger partial charge in [-0.3, -0.25) is 9.59 Å². The van der Waals surface area contributed by atoms with E-state index in [2.05, 4.69) is 24.1 Å². The van der Waals surface area contributed by atoms with Crippen LogP contribution in [-0.2, 0) is 0 Å². The van der Waals surface area contributed by atoms with Gasteiger partial charge in [0.05, 0.1) is 0 Å². The zero-order chi connectivity index (χ0) is 11.3. The summed E-state index contributed by atoms with van der Waals surface area (Å²) in [7, 11) is 0. The first-order valence-corrected chi connectivity index (χ1v) is 5.10. The van der Waals surface area contributed by atoms with Crippen molar-refractivity contribution in [3.8, 4) is 0 Å². The Hall–Kier alpha value is -1.58. The second-order valence-corrected chi connectivity index (χ2v) is 3.67. The van der Waals surface area contributed by atoms with Crippen LogP contribution in [0.3, 0.4) is 0 Å². The molecule has 1 aromatic rings. The molecule has 0 aliphatic carbocycles. The van der Waals surface area contributed by atoms with Crippen LogP contribution >= 0.6 is 0 Å². The summed E-state index contributed by atoms with van der Waals surface area (Å²) in [4.78, 5) is 25.0. The number of H-pyrrole nitrogens is 1. The van der Waals surface area contributed by atoms with Crippen molar-refractivity contribution in [2.75, 3.05) is 6.54 Å². The molecule has 0 aromatic carbocycles. The van der Waals surface area contributed by atoms with Crippen molar-refractivity contribution < 1.29 is 4.79 Å². The average molecular weight is 208 g/mol. The predicted molar refractivity (Wildman–Crippen MR) is 58.9 cm³/mol. The van der Waals surface area contributed by atoms with Gasteiger partial charge in [-0.25, -0.2) is 0 Å². The molecule has 0 saturated heterocycles. The summed E-state index contributed by atoms with van der Waals surface area (Å²) in [5.41, 5.74) is 0.147. The summed E-state index contributed by atoms with van der Waals surface area (Å²) in [6.07, 6.45) is 2.50. The third kappa shape index (κ3) is 3.58. The SMILES string of the molecule is CCC(C)CNC(=O)c1cc[nH]c(=O)c1. The van der Waals surface area contributed by atoms with Crippen LogP contribution < -0.4 is 10.9 Å². The second kappa shape index (κ2) is 5.34. The summed E-state index contributed by atoms with van der Waals surface area (Å²) in [6.45, 7) is 4.78. The van der Waals surface area contributed by atoms with Crippen LogP contribution in [0.4, 0.5) is 0 Å². The van der Waals surface area contributed by atoms with Crippen LogP contribution in [0.5, 0.6) is 0 Å². The predicted octanol–water partition coefficient (Wildman–Crippen LogP) is 1.15. The van der Waals surface area contributed by atoms with Gasteiger partial charge in [0.25, 0.3) is 5.91 Å². The molecule has 2 N–H and O–H groups in total. The van der Waals surface area contributed by atoms with Crippen molar-refractivity contribution in [1.82, 2.24) is 10.3 Å². The van der Waals surface area contributed by atoms with Gasteiger partial charge in [-0.15, -0.1) is 0 Å². The number of pyridine rings is 1. The summed E-state index contributed by atoms with van der Waals surface area (Å²) >= 11 is 0. The molecule has 0 spiro atoms. The highest BCUT2D eigenvalue weighted by Crippen LogP contribution is 1.99. The van der Waals surface area contributed by atoms with Crippen molar-refractivity contribution in [2.24, 2.45) is 5.92 Å². The number of nitrogens with one attached hydrogen (secondary N) is 2. The summed E-state index contributed by atoms with van der Waals surface area (Å²) < 4.78 is 0. The first kappa shape index (κ1) is 11.5. The minimum Gasteiger partial charge on any atom is -0.352 e. The molecular weight excluding hydrogens is 192 g/mol. The lowest BCUT2D eigenvalue weighted by Crippen LogP contribution is -2.28. The van der Waals surface area contributed by atoms with Gasteiger partial charge in [-0.05, 0) is 12.0 Å². The molecule has 0 fully saturated rings. The summed E-state index contributed by atoms with van der Waals surface area (Å²) in [6, 6.07) is 2.89. The zero-order valence-electron chi connectivity index (χ0n) is 9.04. The van der Waals surface area contributed by atoms with E-state index in [0.717, 1.165) is 6.42 Å². The Morgan fingerprint density at radius 1 is 1.60 bits per heavy atom. The molecule has 0 aliphatic rings. The lowest BCUT2D eigenvalue weighted by atomic mass is 10.1. The van der Waals surface area contributed by atoms with E-state index in [0.29, 0.717) is 18.0 Å². The van der Waals surface area contributed by atoms with Crippen LogP contribution in [0.1, 0.15) is 30.6 Å². The van der Waals surface area contributed by atoms with Crippen molar-refractivity contribution in [2.45, 2.75) is 20.3 Å². The molecule has 1 rings (SSSR count). The van der Waals surface area contributed by atoms with Gasteiger partial charge in [0.2, 0.25) is 5.56 Å². The summed E-state index contributed by atoms with van der Waals surface area (Å²) in [5, 5.41) is 2.79. The van der Waals surface area contributed by atoms with E-state index in [4.69, 9.17) is 0 Å². The number of amides is 1. The third-order valence-electron chi connectivity index (χ3n) is 2.35. The van der Waals surface area contributed by atoms with Crippen LogP contribution in [0.2, 0.25) is 0 Å². The first-order chi connectivity index (χ1) is 7.13. The monoisotopic (exact) mass is 208 g/mol. The lowest BCUT2D eigenvalue weighted by Gasteiger charge is -2.09. The van der Waals surface area contributed by atoms with Gasteiger partial charge in [-0.1, -0.05) is 20.3 Å². The van der Waals surface area contributed by atoms with Crippen LogP contribution in [0.25, 0.3) is 0 Å². The lowest BCUT2D eigenvalue weighted by molar-refractivity contribution is 0.0947. The molecule has 0 radical (unpaired) electrons. The van der Waals surface area contributed by atoms with Crippen molar-refractivity contribution in [3.05, 3.63) is 34.2 Å². The fourth-order valence-corrected chi connectivity index (χ4v) is 1.10. The Kier molecular flexibility index (Phi) is 4.09. The molecule has 1 atom stereocenters. The van der Waals surface area contributed by atoms with E-state index in [-0.39, 0.29) is 11.5 Å². The molecule has 1 amide bonds. The second-order valence-electron chi connectivity index (χ2n) is 3.67. The van der Waals surface area contributed by atoms with Gasteiger partial charge in [0, 0.05) is 24.4 Å². The van der Waals surface area contributed by atoms with Gasteiger partial charge in [-0.2, -0.15) is 0 Å². The summed E-state index contributed by atoms with van der Waals surface area (Å²) in [5.74, 6) is 0.261. The van der Waals surface area contributed by atoms with Crippen LogP contribution in [-0.4, -0.2) is 17.4 Å². The normalized spacial score (nSPS) is 12.1. The Balaban J connectivity index is 2.58. The quantitative estimate of drug-likeness (QED) is 0.779. The van der Waals surface area contributed by atoms with E-state index in [1.807, 2.05) is 0 Å². The van der Waals surface area contributed by atoms with Gasteiger partial charge in [0.15, 0.2) is 0 Å². The van der Waals surface area contributed by atoms with Crippen molar-refractivity contribution in [3.63, 3.8) is 0 Å². The molecule has 0 saturated carbocycles. The van der Waals surface area contributed by atoms with Crippen LogP contribution in [0, 0.1) is 5.92 Å². The number of hydrogen-bond acceptors (Lipinski definition) is 2. The third-order valence-corrected chi connectivity index (χ3v) is 2.35. The molecular formula is C11H16N2O2. The molecule has 1 heterocycles. The number of carbonyl (C=O) groups excluding carboxylic acids is 1. The zero-order valence-corrected chi connectivity index (χ0v) is 9.04. The highest BCUT2D eigenvalue weighted by molar-refractivity contribution is 5.93. The van der Waals surface area contributed by atoms with Crippen molar-refractivity contribution in [1.29, 1.82) is 0 Å². The minimum absolute atomic E-state index is 0.193. The Morgan fingerprint density at radius 3 is 2.93 bits per heavy atom. The van der Waals surface area contributed by atoms with Gasteiger partial charge < -0.3 is 10.3 Å². The Bertz CT molecular complexity index is 384. The maximum atomic E-state index is 11.6. The maximum Gasteiger partial charge on any atom is 0.251 e. The standard InChI is InChI=1S/C11H16N2O2/c1-3-8(2)7-13-11(15)9-4-5-12-10(14)6-9/h4-6,8H,3,7H2,1-2H3,(H,12,14)(H,13,15).